The Balaban J connectivity index is 2.97. The predicted octanol–water partition coefficient (Wildman–Crippen LogP) is -0.124. The molecule has 1 heterocycles. The summed E-state index contributed by atoms with van der Waals surface area (Å²) in [5.74, 6) is 0.280. The lowest BCUT2D eigenvalue weighted by atomic mass is 10.3. The number of aryl methyl sites for hydroxylation is 1. The first-order valence-corrected chi connectivity index (χ1v) is 6.70. The third-order valence-corrected chi connectivity index (χ3v) is 4.09. The zero-order valence-corrected chi connectivity index (χ0v) is 11.3. The molecule has 98 valence electrons. The fourth-order valence-electron chi connectivity index (χ4n) is 1.24. The predicted molar refractivity (Wildman–Crippen MR) is 66.5 cm³/mol. The number of aromatic nitrogens is 2. The molecule has 0 bridgehead atoms. The summed E-state index contributed by atoms with van der Waals surface area (Å²) in [6, 6.07) is -0.127. The van der Waals surface area contributed by atoms with Crippen LogP contribution in [0.1, 0.15) is 19.4 Å². The molecule has 1 aromatic rings. The van der Waals surface area contributed by atoms with Crippen LogP contribution in [-0.2, 0) is 23.8 Å². The summed E-state index contributed by atoms with van der Waals surface area (Å²) in [6.45, 7) is 3.82. The van der Waals surface area contributed by atoms with Gasteiger partial charge < -0.3 is 5.73 Å². The lowest BCUT2D eigenvalue weighted by molar-refractivity contribution is 0.414. The standard InChI is InChI=1S/C9H19N5O2S/c1-7(2)14(4)17(15,16)12-9-8(5-10)6-13(3)11-9/h6-7H,5,10H2,1-4H3,(H,11,12). The molecule has 0 aliphatic rings. The first-order chi connectivity index (χ1) is 7.77. The van der Waals surface area contributed by atoms with Gasteiger partial charge in [0.25, 0.3) is 0 Å². The van der Waals surface area contributed by atoms with Crippen molar-refractivity contribution in [1.29, 1.82) is 0 Å². The number of rotatable bonds is 5. The van der Waals surface area contributed by atoms with Gasteiger partial charge in [0.05, 0.1) is 0 Å². The van der Waals surface area contributed by atoms with Gasteiger partial charge in [-0.05, 0) is 13.8 Å². The van der Waals surface area contributed by atoms with Gasteiger partial charge in [-0.2, -0.15) is 17.8 Å². The molecule has 0 fully saturated rings. The highest BCUT2D eigenvalue weighted by Crippen LogP contribution is 2.15. The van der Waals surface area contributed by atoms with Crippen LogP contribution in [0.5, 0.6) is 0 Å². The maximum Gasteiger partial charge on any atom is 0.302 e. The fourth-order valence-corrected chi connectivity index (χ4v) is 2.36. The summed E-state index contributed by atoms with van der Waals surface area (Å²) in [5, 5.41) is 4.03. The van der Waals surface area contributed by atoms with Crippen LogP contribution in [0, 0.1) is 0 Å². The quantitative estimate of drug-likeness (QED) is 0.772. The van der Waals surface area contributed by atoms with Crippen molar-refractivity contribution in [2.75, 3.05) is 11.8 Å². The van der Waals surface area contributed by atoms with Gasteiger partial charge in [0.1, 0.15) is 0 Å². The summed E-state index contributed by atoms with van der Waals surface area (Å²) in [6.07, 6.45) is 1.69. The number of nitrogens with one attached hydrogen (secondary N) is 1. The number of hydrogen-bond donors (Lipinski definition) is 2. The zero-order chi connectivity index (χ0) is 13.2. The van der Waals surface area contributed by atoms with Gasteiger partial charge in [0, 0.05) is 38.4 Å². The minimum absolute atomic E-state index is 0.127. The molecule has 17 heavy (non-hydrogen) atoms. The highest BCUT2D eigenvalue weighted by molar-refractivity contribution is 7.90. The molecule has 3 N–H and O–H groups in total. The lowest BCUT2D eigenvalue weighted by Crippen LogP contribution is -2.37. The van der Waals surface area contributed by atoms with Crippen molar-refractivity contribution in [2.24, 2.45) is 12.8 Å². The number of anilines is 1. The Morgan fingerprint density at radius 1 is 1.59 bits per heavy atom. The van der Waals surface area contributed by atoms with E-state index in [1.807, 2.05) is 0 Å². The zero-order valence-electron chi connectivity index (χ0n) is 10.5. The monoisotopic (exact) mass is 261 g/mol. The Morgan fingerprint density at radius 3 is 2.65 bits per heavy atom. The lowest BCUT2D eigenvalue weighted by Gasteiger charge is -2.21. The summed E-state index contributed by atoms with van der Waals surface area (Å²) in [7, 11) is -0.357. The molecular formula is C9H19N5O2S. The third kappa shape index (κ3) is 3.18. The average Bonchev–Trinajstić information content (AvgIpc) is 2.56. The van der Waals surface area contributed by atoms with Crippen molar-refractivity contribution in [2.45, 2.75) is 26.4 Å². The third-order valence-electron chi connectivity index (χ3n) is 2.46. The molecule has 1 rings (SSSR count). The van der Waals surface area contributed by atoms with Crippen LogP contribution in [0.3, 0.4) is 0 Å². The van der Waals surface area contributed by atoms with E-state index in [9.17, 15) is 8.42 Å². The normalized spacial score (nSPS) is 12.4. The van der Waals surface area contributed by atoms with Gasteiger partial charge in [-0.25, -0.2) is 0 Å². The van der Waals surface area contributed by atoms with E-state index in [4.69, 9.17) is 5.73 Å². The second-order valence-corrected chi connectivity index (χ2v) is 5.83. The smallest absolute Gasteiger partial charge is 0.302 e. The largest absolute Gasteiger partial charge is 0.326 e. The highest BCUT2D eigenvalue weighted by atomic mass is 32.2. The Bertz CT molecular complexity index is 480. The molecular weight excluding hydrogens is 242 g/mol. The highest BCUT2D eigenvalue weighted by Gasteiger charge is 2.22. The fraction of sp³-hybridized carbons (Fsp3) is 0.667. The van der Waals surface area contributed by atoms with Crippen molar-refractivity contribution < 1.29 is 8.42 Å². The maximum absolute atomic E-state index is 11.9. The first kappa shape index (κ1) is 13.9. The molecule has 0 atom stereocenters. The van der Waals surface area contributed by atoms with Crippen molar-refractivity contribution in [1.82, 2.24) is 14.1 Å². The molecule has 0 spiro atoms. The minimum Gasteiger partial charge on any atom is -0.326 e. The van der Waals surface area contributed by atoms with Gasteiger partial charge in [-0.1, -0.05) is 0 Å². The molecule has 0 radical (unpaired) electrons. The molecule has 0 aliphatic carbocycles. The van der Waals surface area contributed by atoms with E-state index in [1.165, 1.54) is 16.0 Å². The van der Waals surface area contributed by atoms with Crippen LogP contribution >= 0.6 is 0 Å². The summed E-state index contributed by atoms with van der Waals surface area (Å²) in [4.78, 5) is 0. The number of nitrogens with zero attached hydrogens (tertiary/aromatic N) is 3. The molecule has 1 aromatic heterocycles. The average molecular weight is 261 g/mol. The Hall–Kier alpha value is -1.12. The van der Waals surface area contributed by atoms with E-state index in [0.717, 1.165) is 0 Å². The van der Waals surface area contributed by atoms with E-state index in [2.05, 4.69) is 9.82 Å². The number of nitrogens with two attached hydrogens (primary N) is 1. The minimum atomic E-state index is -3.58. The van der Waals surface area contributed by atoms with E-state index < -0.39 is 10.2 Å². The van der Waals surface area contributed by atoms with Gasteiger partial charge in [0.2, 0.25) is 0 Å². The Labute approximate surface area is 102 Å². The van der Waals surface area contributed by atoms with E-state index in [0.29, 0.717) is 5.56 Å². The number of hydrogen-bond acceptors (Lipinski definition) is 4. The molecule has 0 aromatic carbocycles. The molecule has 0 aliphatic heterocycles. The second kappa shape index (κ2) is 5.03. The van der Waals surface area contributed by atoms with Crippen molar-refractivity contribution in [3.05, 3.63) is 11.8 Å². The molecule has 0 saturated heterocycles. The first-order valence-electron chi connectivity index (χ1n) is 5.26. The molecule has 0 unspecified atom stereocenters. The van der Waals surface area contributed by atoms with Crippen molar-refractivity contribution >= 4 is 16.0 Å². The summed E-state index contributed by atoms with van der Waals surface area (Å²) >= 11 is 0. The maximum atomic E-state index is 11.9. The van der Waals surface area contributed by atoms with Gasteiger partial charge in [-0.3, -0.25) is 9.40 Å². The van der Waals surface area contributed by atoms with Crippen LogP contribution < -0.4 is 10.5 Å². The second-order valence-electron chi connectivity index (χ2n) is 4.10. The van der Waals surface area contributed by atoms with Crippen LogP contribution in [0.4, 0.5) is 5.82 Å². The Kier molecular flexibility index (Phi) is 4.12. The Morgan fingerprint density at radius 2 is 2.18 bits per heavy atom. The van der Waals surface area contributed by atoms with Crippen molar-refractivity contribution in [3.8, 4) is 0 Å². The van der Waals surface area contributed by atoms with Gasteiger partial charge in [-0.15, -0.1) is 0 Å². The molecule has 0 amide bonds. The van der Waals surface area contributed by atoms with Gasteiger partial charge in [0.15, 0.2) is 5.82 Å². The molecule has 7 nitrogen and oxygen atoms in total. The molecule has 8 heteroatoms. The van der Waals surface area contributed by atoms with Crippen molar-refractivity contribution in [3.63, 3.8) is 0 Å². The van der Waals surface area contributed by atoms with E-state index >= 15 is 0 Å². The summed E-state index contributed by atoms with van der Waals surface area (Å²) in [5.41, 5.74) is 6.18. The van der Waals surface area contributed by atoms with Crippen LogP contribution in [0.2, 0.25) is 0 Å². The van der Waals surface area contributed by atoms with Crippen LogP contribution in [0.25, 0.3) is 0 Å². The SMILES string of the molecule is CC(C)N(C)S(=O)(=O)Nc1nn(C)cc1CN. The van der Waals surface area contributed by atoms with E-state index in [1.54, 1.807) is 27.1 Å². The van der Waals surface area contributed by atoms with E-state index in [-0.39, 0.29) is 18.4 Å². The topological polar surface area (TPSA) is 93.2 Å². The summed E-state index contributed by atoms with van der Waals surface area (Å²) < 4.78 is 29.1. The van der Waals surface area contributed by atoms with Crippen LogP contribution in [-0.4, -0.2) is 35.6 Å². The van der Waals surface area contributed by atoms with Gasteiger partial charge >= 0.3 is 10.2 Å². The molecule has 0 saturated carbocycles. The van der Waals surface area contributed by atoms with Crippen LogP contribution in [0.15, 0.2) is 6.20 Å².